The summed E-state index contributed by atoms with van der Waals surface area (Å²) < 4.78 is 20.4. The number of phosphoric ester groups is 1. The molecular formula is C10H15O5P. The molecule has 0 fully saturated rings. The largest absolute Gasteiger partial charge is 0.488 e. The zero-order chi connectivity index (χ0) is 12.0. The Balaban J connectivity index is 2.47. The molecule has 0 heterocycles. The van der Waals surface area contributed by atoms with E-state index in [0.29, 0.717) is 12.2 Å². The van der Waals surface area contributed by atoms with Gasteiger partial charge in [0.1, 0.15) is 11.9 Å². The lowest BCUT2D eigenvalue weighted by atomic mass is 10.3. The Morgan fingerprint density at radius 3 is 2.44 bits per heavy atom. The molecule has 0 aromatic heterocycles. The van der Waals surface area contributed by atoms with Gasteiger partial charge in [-0.2, -0.15) is 0 Å². The van der Waals surface area contributed by atoms with E-state index >= 15 is 0 Å². The summed E-state index contributed by atoms with van der Waals surface area (Å²) in [6.07, 6.45) is 0.240. The molecule has 1 aromatic carbocycles. The molecule has 6 heteroatoms. The van der Waals surface area contributed by atoms with Crippen molar-refractivity contribution >= 4 is 7.82 Å². The molecule has 0 amide bonds. The van der Waals surface area contributed by atoms with Gasteiger partial charge in [0.25, 0.3) is 0 Å². The van der Waals surface area contributed by atoms with Crippen molar-refractivity contribution in [2.24, 2.45) is 0 Å². The number of phosphoric acid groups is 1. The van der Waals surface area contributed by atoms with Gasteiger partial charge in [-0.3, -0.25) is 4.52 Å². The van der Waals surface area contributed by atoms with Gasteiger partial charge >= 0.3 is 7.82 Å². The van der Waals surface area contributed by atoms with E-state index in [1.807, 2.05) is 25.1 Å². The van der Waals surface area contributed by atoms with Crippen LogP contribution in [0.2, 0.25) is 0 Å². The van der Waals surface area contributed by atoms with Gasteiger partial charge in [0.15, 0.2) is 0 Å². The lowest BCUT2D eigenvalue weighted by molar-refractivity contribution is 0.0992. The first-order valence-corrected chi connectivity index (χ1v) is 6.46. The number of benzene rings is 1. The second-order valence-electron chi connectivity index (χ2n) is 3.25. The molecule has 0 spiro atoms. The Labute approximate surface area is 94.3 Å². The maximum atomic E-state index is 10.5. The Kier molecular flexibility index (Phi) is 4.96. The Morgan fingerprint density at radius 1 is 1.31 bits per heavy atom. The van der Waals surface area contributed by atoms with Crippen LogP contribution in [-0.2, 0) is 9.09 Å². The highest BCUT2D eigenvalue weighted by atomic mass is 31.2. The lowest BCUT2D eigenvalue weighted by Gasteiger charge is -2.17. The van der Waals surface area contributed by atoms with Gasteiger partial charge in [-0.05, 0) is 18.6 Å². The van der Waals surface area contributed by atoms with Crippen molar-refractivity contribution in [2.45, 2.75) is 19.4 Å². The van der Waals surface area contributed by atoms with Crippen LogP contribution in [0.1, 0.15) is 13.3 Å². The summed E-state index contributed by atoms with van der Waals surface area (Å²) in [5.41, 5.74) is 0. The van der Waals surface area contributed by atoms with E-state index in [9.17, 15) is 4.57 Å². The molecule has 0 bridgehead atoms. The molecule has 90 valence electrons. The molecule has 0 radical (unpaired) electrons. The highest BCUT2D eigenvalue weighted by molar-refractivity contribution is 7.46. The maximum Gasteiger partial charge on any atom is 0.469 e. The molecule has 0 saturated carbocycles. The zero-order valence-electron chi connectivity index (χ0n) is 8.94. The number of rotatable bonds is 6. The fourth-order valence-corrected chi connectivity index (χ4v) is 1.47. The quantitative estimate of drug-likeness (QED) is 0.750. The summed E-state index contributed by atoms with van der Waals surface area (Å²) in [6.45, 7) is 1.73. The molecule has 0 aliphatic carbocycles. The first kappa shape index (κ1) is 13.2. The summed E-state index contributed by atoms with van der Waals surface area (Å²) in [7, 11) is -4.42. The summed E-state index contributed by atoms with van der Waals surface area (Å²) in [5.74, 6) is 0.656. The van der Waals surface area contributed by atoms with Crippen LogP contribution in [0.5, 0.6) is 5.75 Å². The van der Waals surface area contributed by atoms with Crippen LogP contribution in [0.25, 0.3) is 0 Å². The van der Waals surface area contributed by atoms with Gasteiger partial charge in [0, 0.05) is 0 Å². The van der Waals surface area contributed by atoms with Gasteiger partial charge in [0.05, 0.1) is 6.61 Å². The fraction of sp³-hybridized carbons (Fsp3) is 0.400. The van der Waals surface area contributed by atoms with Crippen molar-refractivity contribution in [3.8, 4) is 5.75 Å². The van der Waals surface area contributed by atoms with E-state index in [0.717, 1.165) is 0 Å². The van der Waals surface area contributed by atoms with Crippen LogP contribution in [0, 0.1) is 0 Å². The zero-order valence-corrected chi connectivity index (χ0v) is 9.84. The highest BCUT2D eigenvalue weighted by Crippen LogP contribution is 2.36. The van der Waals surface area contributed by atoms with E-state index in [-0.39, 0.29) is 12.7 Å². The van der Waals surface area contributed by atoms with Crippen LogP contribution in [0.4, 0.5) is 0 Å². The Hall–Kier alpha value is -0.870. The third-order valence-electron chi connectivity index (χ3n) is 1.93. The first-order chi connectivity index (χ1) is 7.51. The SMILES string of the molecule is CCC(COP(=O)(O)O)Oc1ccccc1. The van der Waals surface area contributed by atoms with Crippen LogP contribution in [0.3, 0.4) is 0 Å². The van der Waals surface area contributed by atoms with Crippen LogP contribution in [-0.4, -0.2) is 22.5 Å². The minimum Gasteiger partial charge on any atom is -0.488 e. The van der Waals surface area contributed by atoms with Gasteiger partial charge in [-0.25, -0.2) is 4.57 Å². The second kappa shape index (κ2) is 6.01. The third kappa shape index (κ3) is 5.28. The van der Waals surface area contributed by atoms with E-state index in [1.54, 1.807) is 12.1 Å². The van der Waals surface area contributed by atoms with Crippen molar-refractivity contribution in [1.29, 1.82) is 0 Å². The maximum absolute atomic E-state index is 10.5. The van der Waals surface area contributed by atoms with Gasteiger partial charge in [-0.1, -0.05) is 25.1 Å². The van der Waals surface area contributed by atoms with Crippen molar-refractivity contribution in [2.75, 3.05) is 6.61 Å². The van der Waals surface area contributed by atoms with E-state index in [2.05, 4.69) is 4.52 Å². The molecule has 0 aliphatic heterocycles. The van der Waals surface area contributed by atoms with Gasteiger partial charge in [0.2, 0.25) is 0 Å². The minimum absolute atomic E-state index is 0.129. The number of ether oxygens (including phenoxy) is 1. The van der Waals surface area contributed by atoms with Gasteiger partial charge < -0.3 is 14.5 Å². The predicted octanol–water partition coefficient (Wildman–Crippen LogP) is 1.95. The van der Waals surface area contributed by atoms with Crippen LogP contribution >= 0.6 is 7.82 Å². The predicted molar refractivity (Wildman–Crippen MR) is 59.1 cm³/mol. The molecule has 0 aliphatic rings. The monoisotopic (exact) mass is 246 g/mol. The average molecular weight is 246 g/mol. The van der Waals surface area contributed by atoms with Gasteiger partial charge in [-0.15, -0.1) is 0 Å². The normalized spacial score (nSPS) is 13.4. The number of hydrogen-bond acceptors (Lipinski definition) is 3. The van der Waals surface area contributed by atoms with Crippen LogP contribution in [0.15, 0.2) is 30.3 Å². The number of hydrogen-bond donors (Lipinski definition) is 2. The molecule has 2 N–H and O–H groups in total. The lowest BCUT2D eigenvalue weighted by Crippen LogP contribution is -2.21. The molecule has 1 unspecified atom stereocenters. The van der Waals surface area contributed by atoms with E-state index in [4.69, 9.17) is 14.5 Å². The minimum atomic E-state index is -4.42. The molecule has 0 saturated heterocycles. The molecule has 1 aromatic rings. The summed E-state index contributed by atoms with van der Waals surface area (Å²) in [5, 5.41) is 0. The molecule has 16 heavy (non-hydrogen) atoms. The second-order valence-corrected chi connectivity index (χ2v) is 4.49. The average Bonchev–Trinajstić information content (AvgIpc) is 2.24. The van der Waals surface area contributed by atoms with Crippen molar-refractivity contribution in [3.63, 3.8) is 0 Å². The van der Waals surface area contributed by atoms with Crippen molar-refractivity contribution in [3.05, 3.63) is 30.3 Å². The molecule has 5 nitrogen and oxygen atoms in total. The number of para-hydroxylation sites is 1. The first-order valence-electron chi connectivity index (χ1n) is 4.93. The fourth-order valence-electron chi connectivity index (χ4n) is 1.11. The van der Waals surface area contributed by atoms with E-state index < -0.39 is 7.82 Å². The Morgan fingerprint density at radius 2 is 1.94 bits per heavy atom. The summed E-state index contributed by atoms with van der Waals surface area (Å²) in [6, 6.07) is 9.07. The third-order valence-corrected chi connectivity index (χ3v) is 2.42. The standard InChI is InChI=1S/C10H15O5P/c1-2-9(8-14-16(11,12)13)15-10-6-4-3-5-7-10/h3-7,9H,2,8H2,1H3,(H2,11,12,13). The highest BCUT2D eigenvalue weighted by Gasteiger charge is 2.18. The van der Waals surface area contributed by atoms with Crippen LogP contribution < -0.4 is 4.74 Å². The molecule has 1 atom stereocenters. The Bertz CT molecular complexity index is 347. The molecule has 1 rings (SSSR count). The summed E-state index contributed by atoms with van der Waals surface area (Å²) >= 11 is 0. The molecular weight excluding hydrogens is 231 g/mol. The van der Waals surface area contributed by atoms with E-state index in [1.165, 1.54) is 0 Å². The van der Waals surface area contributed by atoms with Crippen molar-refractivity contribution < 1.29 is 23.6 Å². The smallest absolute Gasteiger partial charge is 0.469 e. The topological polar surface area (TPSA) is 76.0 Å². The summed E-state index contributed by atoms with van der Waals surface area (Å²) in [4.78, 5) is 17.1. The van der Waals surface area contributed by atoms with Crippen molar-refractivity contribution in [1.82, 2.24) is 0 Å².